The summed E-state index contributed by atoms with van der Waals surface area (Å²) in [6.45, 7) is 3.41. The summed E-state index contributed by atoms with van der Waals surface area (Å²) < 4.78 is 41.2. The molecule has 2 aliphatic rings. The van der Waals surface area contributed by atoms with Crippen molar-refractivity contribution in [3.63, 3.8) is 0 Å². The minimum atomic E-state index is -1.33. The topological polar surface area (TPSA) is 48.5 Å². The summed E-state index contributed by atoms with van der Waals surface area (Å²) in [5.41, 5.74) is 1.74. The normalized spacial score (nSPS) is 19.2. The van der Waals surface area contributed by atoms with Crippen LogP contribution in [0.5, 0.6) is 0 Å². The summed E-state index contributed by atoms with van der Waals surface area (Å²) in [5, 5.41) is 3.54. The molecule has 0 saturated carbocycles. The van der Waals surface area contributed by atoms with Gasteiger partial charge in [-0.2, -0.15) is 0 Å². The van der Waals surface area contributed by atoms with E-state index in [9.17, 15) is 18.0 Å². The lowest BCUT2D eigenvalue weighted by atomic mass is 9.82. The van der Waals surface area contributed by atoms with Crippen molar-refractivity contribution in [3.05, 3.63) is 137 Å². The van der Waals surface area contributed by atoms with Crippen LogP contribution in [-0.2, 0) is 10.3 Å². The van der Waals surface area contributed by atoms with Crippen LogP contribution in [0.15, 0.2) is 97.2 Å². The first-order valence-electron chi connectivity index (χ1n) is 14.9. The van der Waals surface area contributed by atoms with Gasteiger partial charge in [-0.05, 0) is 116 Å². The number of pyridine rings is 1. The summed E-state index contributed by atoms with van der Waals surface area (Å²) >= 11 is 0. The van der Waals surface area contributed by atoms with E-state index in [-0.39, 0.29) is 11.7 Å². The van der Waals surface area contributed by atoms with Crippen LogP contribution >= 0.6 is 0 Å². The van der Waals surface area contributed by atoms with Crippen LogP contribution in [0.3, 0.4) is 0 Å². The molecule has 1 unspecified atom stereocenters. The maximum atomic E-state index is 14.5. The third-order valence-electron chi connectivity index (χ3n) is 8.82. The molecule has 222 valence electrons. The molecule has 1 atom stereocenters. The molecule has 3 heterocycles. The van der Waals surface area contributed by atoms with Crippen molar-refractivity contribution >= 4 is 5.91 Å². The summed E-state index contributed by atoms with van der Waals surface area (Å²) in [6, 6.07) is 24.3. The average Bonchev–Trinajstić information content (AvgIpc) is 3.33. The second-order valence-electron chi connectivity index (χ2n) is 11.4. The molecule has 2 aliphatic heterocycles. The highest BCUT2D eigenvalue weighted by Crippen LogP contribution is 2.42. The van der Waals surface area contributed by atoms with Crippen LogP contribution < -0.4 is 5.32 Å². The number of halogens is 3. The smallest absolute Gasteiger partial charge is 0.253 e. The van der Waals surface area contributed by atoms with Gasteiger partial charge in [-0.3, -0.25) is 15.1 Å². The number of hydrogen-bond donors (Lipinski definition) is 1. The quantitative estimate of drug-likeness (QED) is 0.227. The molecule has 1 aromatic heterocycles. The van der Waals surface area contributed by atoms with Crippen molar-refractivity contribution in [2.45, 2.75) is 43.3 Å². The van der Waals surface area contributed by atoms with Crippen molar-refractivity contribution in [1.82, 2.24) is 20.1 Å². The predicted molar refractivity (Wildman–Crippen MR) is 159 cm³/mol. The third-order valence-corrected chi connectivity index (χ3v) is 8.82. The number of aromatic nitrogens is 1. The first-order chi connectivity index (χ1) is 20.9. The lowest BCUT2D eigenvalue weighted by Crippen LogP contribution is -2.45. The fourth-order valence-electron chi connectivity index (χ4n) is 6.50. The Kier molecular flexibility index (Phi) is 8.58. The van der Waals surface area contributed by atoms with Crippen LogP contribution in [0.2, 0.25) is 0 Å². The monoisotopic (exact) mass is 584 g/mol. The number of amides is 1. The van der Waals surface area contributed by atoms with Gasteiger partial charge in [0.1, 0.15) is 23.6 Å². The number of hydrogen-bond acceptors (Lipinski definition) is 4. The molecule has 5 nitrogen and oxygen atoms in total. The Bertz CT molecular complexity index is 1460. The molecule has 1 amide bonds. The zero-order chi connectivity index (χ0) is 29.8. The first kappa shape index (κ1) is 29.1. The molecule has 0 radical (unpaired) electrons. The molecule has 2 saturated heterocycles. The van der Waals surface area contributed by atoms with Crippen molar-refractivity contribution < 1.29 is 18.0 Å². The third kappa shape index (κ3) is 6.08. The standard InChI is InChI=1S/C35H35F3N4O/c36-29-12-6-25(7-13-29)26-18-23-41(24-19-26)21-3-4-22-42-33(32-5-1-2-20-39-32)40-35(34(42)43,27-8-14-30(37)15-9-27)28-10-16-31(38)17-11-28/h1-2,5-17,20,26,33,40H,3-4,18-19,21-24H2. The fraction of sp³-hybridized carbons (Fsp3) is 0.314. The minimum absolute atomic E-state index is 0.179. The molecule has 0 bridgehead atoms. The molecule has 0 aliphatic carbocycles. The number of unbranched alkanes of at least 4 members (excludes halogenated alkanes) is 1. The van der Waals surface area contributed by atoms with E-state index in [4.69, 9.17) is 0 Å². The van der Waals surface area contributed by atoms with Gasteiger partial charge in [0.2, 0.25) is 0 Å². The fourth-order valence-corrected chi connectivity index (χ4v) is 6.50. The number of carbonyl (C=O) groups excluding carboxylic acids is 1. The Morgan fingerprint density at radius 3 is 1.86 bits per heavy atom. The van der Waals surface area contributed by atoms with E-state index in [1.807, 2.05) is 35.2 Å². The molecule has 4 aromatic rings. The number of nitrogens with one attached hydrogen (secondary N) is 1. The van der Waals surface area contributed by atoms with E-state index in [1.165, 1.54) is 42.0 Å². The van der Waals surface area contributed by atoms with Crippen LogP contribution in [0.25, 0.3) is 0 Å². The average molecular weight is 585 g/mol. The maximum absolute atomic E-state index is 14.5. The minimum Gasteiger partial charge on any atom is -0.319 e. The highest BCUT2D eigenvalue weighted by atomic mass is 19.1. The predicted octanol–water partition coefficient (Wildman–Crippen LogP) is 6.53. The Balaban J connectivity index is 1.17. The summed E-state index contributed by atoms with van der Waals surface area (Å²) in [5.74, 6) is -0.728. The summed E-state index contributed by atoms with van der Waals surface area (Å²) in [4.78, 5) is 23.3. The van der Waals surface area contributed by atoms with Gasteiger partial charge < -0.3 is 9.80 Å². The second-order valence-corrected chi connectivity index (χ2v) is 11.4. The van der Waals surface area contributed by atoms with Gasteiger partial charge in [-0.15, -0.1) is 0 Å². The molecular weight excluding hydrogens is 549 g/mol. The molecule has 3 aromatic carbocycles. The highest BCUT2D eigenvalue weighted by Gasteiger charge is 2.54. The Labute approximate surface area is 250 Å². The van der Waals surface area contributed by atoms with E-state index < -0.39 is 23.3 Å². The van der Waals surface area contributed by atoms with Gasteiger partial charge >= 0.3 is 0 Å². The highest BCUT2D eigenvalue weighted by molar-refractivity contribution is 5.94. The van der Waals surface area contributed by atoms with Gasteiger partial charge in [0.05, 0.1) is 5.69 Å². The number of nitrogens with zero attached hydrogens (tertiary/aromatic N) is 3. The zero-order valence-electron chi connectivity index (χ0n) is 23.9. The van der Waals surface area contributed by atoms with Crippen molar-refractivity contribution in [1.29, 1.82) is 0 Å². The van der Waals surface area contributed by atoms with Crippen molar-refractivity contribution in [2.75, 3.05) is 26.2 Å². The zero-order valence-corrected chi connectivity index (χ0v) is 23.9. The Morgan fingerprint density at radius 1 is 0.744 bits per heavy atom. The van der Waals surface area contributed by atoms with Gasteiger partial charge in [-0.25, -0.2) is 13.2 Å². The Morgan fingerprint density at radius 2 is 1.30 bits per heavy atom. The molecule has 6 rings (SSSR count). The maximum Gasteiger partial charge on any atom is 0.253 e. The number of carbonyl (C=O) groups is 1. The van der Waals surface area contributed by atoms with Gasteiger partial charge in [0.15, 0.2) is 5.54 Å². The number of benzene rings is 3. The van der Waals surface area contributed by atoms with Gasteiger partial charge in [-0.1, -0.05) is 42.5 Å². The van der Waals surface area contributed by atoms with E-state index >= 15 is 0 Å². The number of piperidine rings is 1. The molecule has 43 heavy (non-hydrogen) atoms. The van der Waals surface area contributed by atoms with E-state index in [0.29, 0.717) is 29.3 Å². The van der Waals surface area contributed by atoms with Gasteiger partial charge in [0.25, 0.3) is 5.91 Å². The number of likely N-dealkylation sites (tertiary alicyclic amines) is 1. The lowest BCUT2D eigenvalue weighted by molar-refractivity contribution is -0.132. The summed E-state index contributed by atoms with van der Waals surface area (Å²) in [6.07, 6.45) is 4.97. The largest absolute Gasteiger partial charge is 0.319 e. The van der Waals surface area contributed by atoms with Crippen LogP contribution in [0.4, 0.5) is 13.2 Å². The van der Waals surface area contributed by atoms with Crippen LogP contribution in [-0.4, -0.2) is 46.9 Å². The number of rotatable bonds is 9. The first-order valence-corrected chi connectivity index (χ1v) is 14.9. The second kappa shape index (κ2) is 12.7. The summed E-state index contributed by atoms with van der Waals surface area (Å²) in [7, 11) is 0. The van der Waals surface area contributed by atoms with E-state index in [0.717, 1.165) is 45.3 Å². The Hall–Kier alpha value is -4.01. The molecule has 1 N–H and O–H groups in total. The molecule has 8 heteroatoms. The van der Waals surface area contributed by atoms with E-state index in [2.05, 4.69) is 15.2 Å². The molecule has 2 fully saturated rings. The van der Waals surface area contributed by atoms with Crippen molar-refractivity contribution in [3.8, 4) is 0 Å². The van der Waals surface area contributed by atoms with E-state index in [1.54, 1.807) is 30.5 Å². The molecular formula is C35H35F3N4O. The van der Waals surface area contributed by atoms with Gasteiger partial charge in [0, 0.05) is 12.7 Å². The lowest BCUT2D eigenvalue weighted by Gasteiger charge is -2.32. The molecule has 0 spiro atoms. The van der Waals surface area contributed by atoms with Crippen LogP contribution in [0, 0.1) is 17.5 Å². The SMILES string of the molecule is O=C1N(CCCCN2CCC(c3ccc(F)cc3)CC2)C(c2ccccn2)NC1(c1ccc(F)cc1)c1ccc(F)cc1. The van der Waals surface area contributed by atoms with Crippen molar-refractivity contribution in [2.24, 2.45) is 0 Å². The van der Waals surface area contributed by atoms with Crippen LogP contribution in [0.1, 0.15) is 60.2 Å².